The fraction of sp³-hybridized carbons (Fsp3) is 0.150. The summed E-state index contributed by atoms with van der Waals surface area (Å²) in [6, 6.07) is 23.2. The van der Waals surface area contributed by atoms with Crippen LogP contribution >= 0.6 is 0 Å². The lowest BCUT2D eigenvalue weighted by Gasteiger charge is -2.42. The molecular weight excluding hydrogens is 480 g/mol. The number of benzene rings is 3. The van der Waals surface area contributed by atoms with E-state index in [2.05, 4.69) is 134 Å². The predicted octanol–water partition coefficient (Wildman–Crippen LogP) is 7.69. The molecule has 4 atom stereocenters. The van der Waals surface area contributed by atoms with Crippen LogP contribution in [0.25, 0.3) is 29.4 Å². The molecule has 0 saturated carbocycles. The summed E-state index contributed by atoms with van der Waals surface area (Å²) in [5, 5.41) is 2.79. The summed E-state index contributed by atoms with van der Waals surface area (Å²) in [5.74, 6) is 1.36. The second-order valence-electron chi connectivity index (χ2n) is 11.9. The minimum absolute atomic E-state index is 0.309. The van der Waals surface area contributed by atoms with Crippen molar-refractivity contribution in [2.45, 2.75) is 18.8 Å². The van der Waals surface area contributed by atoms with Crippen LogP contribution < -0.4 is 10.4 Å². The van der Waals surface area contributed by atoms with Crippen molar-refractivity contribution >= 4 is 29.4 Å². The Labute approximate surface area is 235 Å². The Morgan fingerprint density at radius 1 is 0.625 bits per heavy atom. The highest BCUT2D eigenvalue weighted by Crippen LogP contribution is 2.53. The van der Waals surface area contributed by atoms with Crippen molar-refractivity contribution in [2.75, 3.05) is 0 Å². The van der Waals surface area contributed by atoms with Crippen molar-refractivity contribution in [3.8, 4) is 0 Å². The molecule has 4 unspecified atom stereocenters. The molecule has 40 heavy (non-hydrogen) atoms. The SMILES string of the molecule is C1=CC2C(C3=Cc4cccc5c4C4C(=CC=CC34)C=C5)=c3ccccc3=C(c3ccc4c(c3)CCC=C4)C2C=C1. The Bertz CT molecular complexity index is 1960. The highest BCUT2D eigenvalue weighted by molar-refractivity contribution is 5.88. The molecule has 9 rings (SSSR count). The smallest absolute Gasteiger partial charge is 0.0205 e. The quantitative estimate of drug-likeness (QED) is 0.332. The van der Waals surface area contributed by atoms with Gasteiger partial charge in [-0.3, -0.25) is 0 Å². The predicted molar refractivity (Wildman–Crippen MR) is 168 cm³/mol. The molecule has 6 aliphatic rings. The number of rotatable bonds is 2. The second kappa shape index (κ2) is 8.54. The van der Waals surface area contributed by atoms with Gasteiger partial charge >= 0.3 is 0 Å². The zero-order valence-corrected chi connectivity index (χ0v) is 22.4. The standard InChI is InChI=1S/C40H30/c1-2-10-28-23-30(22-19-25(28)9-1)38-31-14-3-5-16-33(31)40(34-17-6-4-15-32(34)38)36-24-29-13-7-11-26-20-21-27-12-8-18-35(36)39(27)37(26)29/h1,3-9,11-24,31,33,35,39H,2,10H2. The van der Waals surface area contributed by atoms with E-state index in [1.54, 1.807) is 0 Å². The van der Waals surface area contributed by atoms with Gasteiger partial charge < -0.3 is 0 Å². The maximum Gasteiger partial charge on any atom is 0.0205 e. The number of hydrogen-bond acceptors (Lipinski definition) is 0. The Balaban J connectivity index is 1.35. The number of allylic oxidation sites excluding steroid dienone is 11. The Morgan fingerprint density at radius 3 is 2.33 bits per heavy atom. The first-order valence-corrected chi connectivity index (χ1v) is 14.7. The van der Waals surface area contributed by atoms with Crippen molar-refractivity contribution < 1.29 is 0 Å². The summed E-state index contributed by atoms with van der Waals surface area (Å²) >= 11 is 0. The molecule has 6 aliphatic carbocycles. The first kappa shape index (κ1) is 22.4. The zero-order valence-electron chi connectivity index (χ0n) is 22.4. The molecular formula is C40H30. The molecule has 0 heteroatoms. The van der Waals surface area contributed by atoms with Gasteiger partial charge in [-0.2, -0.15) is 0 Å². The second-order valence-corrected chi connectivity index (χ2v) is 11.9. The molecule has 0 nitrogen and oxygen atoms in total. The third kappa shape index (κ3) is 3.14. The molecule has 0 N–H and O–H groups in total. The Kier molecular flexibility index (Phi) is 4.78. The van der Waals surface area contributed by atoms with Crippen LogP contribution in [0, 0.1) is 17.8 Å². The van der Waals surface area contributed by atoms with E-state index in [0.717, 1.165) is 12.8 Å². The maximum atomic E-state index is 2.53. The lowest BCUT2D eigenvalue weighted by molar-refractivity contribution is 0.617. The van der Waals surface area contributed by atoms with E-state index < -0.39 is 0 Å². The Hall–Kier alpha value is -4.42. The third-order valence-corrected chi connectivity index (χ3v) is 9.89. The van der Waals surface area contributed by atoms with E-state index >= 15 is 0 Å². The van der Waals surface area contributed by atoms with Gasteiger partial charge in [0.05, 0.1) is 0 Å². The van der Waals surface area contributed by atoms with Crippen molar-refractivity contribution in [3.63, 3.8) is 0 Å². The first-order chi connectivity index (χ1) is 19.8. The minimum atomic E-state index is 0.309. The van der Waals surface area contributed by atoms with Crippen LogP contribution in [0.15, 0.2) is 126 Å². The fourth-order valence-electron chi connectivity index (χ4n) is 8.20. The zero-order chi connectivity index (χ0) is 26.2. The largest absolute Gasteiger partial charge is 0.0836 e. The average molecular weight is 511 g/mol. The molecule has 3 aromatic rings. The average Bonchev–Trinajstić information content (AvgIpc) is 3.02. The van der Waals surface area contributed by atoms with Gasteiger partial charge in [0, 0.05) is 23.7 Å². The molecule has 3 aromatic carbocycles. The van der Waals surface area contributed by atoms with Gasteiger partial charge in [0.1, 0.15) is 0 Å². The molecule has 0 fully saturated rings. The molecule has 0 heterocycles. The summed E-state index contributed by atoms with van der Waals surface area (Å²) in [6.07, 6.45) is 30.6. The van der Waals surface area contributed by atoms with Crippen LogP contribution in [-0.4, -0.2) is 0 Å². The topological polar surface area (TPSA) is 0 Å². The van der Waals surface area contributed by atoms with Gasteiger partial charge in [0.15, 0.2) is 0 Å². The van der Waals surface area contributed by atoms with Gasteiger partial charge in [-0.25, -0.2) is 0 Å². The van der Waals surface area contributed by atoms with Crippen LogP contribution in [-0.2, 0) is 6.42 Å². The van der Waals surface area contributed by atoms with Gasteiger partial charge in [-0.1, -0.05) is 134 Å². The monoisotopic (exact) mass is 510 g/mol. The summed E-state index contributed by atoms with van der Waals surface area (Å²) in [5.41, 5.74) is 14.4. The van der Waals surface area contributed by atoms with E-state index in [1.807, 2.05) is 0 Å². The molecule has 0 bridgehead atoms. The summed E-state index contributed by atoms with van der Waals surface area (Å²) in [4.78, 5) is 0. The first-order valence-electron chi connectivity index (χ1n) is 14.7. The third-order valence-electron chi connectivity index (χ3n) is 9.89. The van der Waals surface area contributed by atoms with E-state index in [0.29, 0.717) is 23.7 Å². The highest BCUT2D eigenvalue weighted by Gasteiger charge is 2.41. The number of fused-ring (bicyclic) bond motifs is 3. The van der Waals surface area contributed by atoms with Crippen molar-refractivity contribution in [2.24, 2.45) is 17.8 Å². The van der Waals surface area contributed by atoms with Crippen LogP contribution in [0.3, 0.4) is 0 Å². The van der Waals surface area contributed by atoms with E-state index in [9.17, 15) is 0 Å². The highest BCUT2D eigenvalue weighted by atomic mass is 14.4. The minimum Gasteiger partial charge on any atom is -0.0836 e. The van der Waals surface area contributed by atoms with Gasteiger partial charge in [0.25, 0.3) is 0 Å². The van der Waals surface area contributed by atoms with Crippen LogP contribution in [0.2, 0.25) is 0 Å². The van der Waals surface area contributed by atoms with Crippen molar-refractivity contribution in [1.82, 2.24) is 0 Å². The normalized spacial score (nSPS) is 26.0. The van der Waals surface area contributed by atoms with Crippen molar-refractivity contribution in [3.05, 3.63) is 170 Å². The van der Waals surface area contributed by atoms with Crippen LogP contribution in [0.5, 0.6) is 0 Å². The maximum absolute atomic E-state index is 2.53. The molecule has 0 radical (unpaired) electrons. The van der Waals surface area contributed by atoms with Crippen molar-refractivity contribution in [1.29, 1.82) is 0 Å². The molecule has 190 valence electrons. The number of aryl methyl sites for hydroxylation is 1. The molecule has 0 spiro atoms. The van der Waals surface area contributed by atoms with Gasteiger partial charge in [-0.15, -0.1) is 0 Å². The van der Waals surface area contributed by atoms with Crippen LogP contribution in [0.1, 0.15) is 45.7 Å². The summed E-state index contributed by atoms with van der Waals surface area (Å²) < 4.78 is 0. The lowest BCUT2D eigenvalue weighted by atomic mass is 9.61. The van der Waals surface area contributed by atoms with Gasteiger partial charge in [0.2, 0.25) is 0 Å². The lowest BCUT2D eigenvalue weighted by Crippen LogP contribution is -2.41. The van der Waals surface area contributed by atoms with Crippen LogP contribution in [0.4, 0.5) is 0 Å². The van der Waals surface area contributed by atoms with E-state index in [4.69, 9.17) is 0 Å². The van der Waals surface area contributed by atoms with E-state index in [-0.39, 0.29) is 0 Å². The molecule has 0 aliphatic heterocycles. The molecule has 0 saturated heterocycles. The Morgan fingerprint density at radius 2 is 1.43 bits per heavy atom. The fourth-order valence-corrected chi connectivity index (χ4v) is 8.20. The van der Waals surface area contributed by atoms with Gasteiger partial charge in [-0.05, 0) is 79.0 Å². The number of hydrogen-bond donors (Lipinski definition) is 0. The molecule has 0 aromatic heterocycles. The molecule has 0 amide bonds. The summed E-state index contributed by atoms with van der Waals surface area (Å²) in [6.45, 7) is 0. The van der Waals surface area contributed by atoms with E-state index in [1.165, 1.54) is 66.1 Å². The summed E-state index contributed by atoms with van der Waals surface area (Å²) in [7, 11) is 0.